The summed E-state index contributed by atoms with van der Waals surface area (Å²) in [6.07, 6.45) is -0.636. The predicted octanol–water partition coefficient (Wildman–Crippen LogP) is 2.46. The molecule has 0 aliphatic carbocycles. The minimum atomic E-state index is -2.28. The van der Waals surface area contributed by atoms with Crippen LogP contribution in [0.25, 0.3) is 0 Å². The van der Waals surface area contributed by atoms with Gasteiger partial charge in [0.2, 0.25) is 6.43 Å². The maximum Gasteiger partial charge on any atom is 0.239 e. The number of aryl methyl sites for hydroxylation is 1. The molecule has 2 N–H and O–H groups in total. The summed E-state index contributed by atoms with van der Waals surface area (Å²) in [5.74, 6) is 0.461. The van der Waals surface area contributed by atoms with Gasteiger partial charge in [-0.05, 0) is 12.3 Å². The van der Waals surface area contributed by atoms with Gasteiger partial charge in [-0.2, -0.15) is 5.10 Å². The highest BCUT2D eigenvalue weighted by molar-refractivity contribution is 5.35. The Hall–Kier alpha value is -1.13. The Morgan fingerprint density at radius 1 is 1.53 bits per heavy atom. The summed E-state index contributed by atoms with van der Waals surface area (Å²) < 4.78 is 26.2. The van der Waals surface area contributed by atoms with E-state index in [4.69, 9.17) is 5.73 Å². The summed E-state index contributed by atoms with van der Waals surface area (Å²) in [6.45, 7) is 5.90. The highest BCUT2D eigenvalue weighted by Crippen LogP contribution is 2.26. The molecular weight excluding hydrogens is 200 g/mol. The lowest BCUT2D eigenvalue weighted by Gasteiger charge is -2.23. The number of nitrogens with zero attached hydrogens (tertiary/aromatic N) is 2. The average molecular weight is 217 g/mol. The van der Waals surface area contributed by atoms with Crippen LogP contribution in [0.15, 0.2) is 6.20 Å². The second-order valence-corrected chi connectivity index (χ2v) is 4.65. The number of anilines is 1. The van der Waals surface area contributed by atoms with Crippen LogP contribution >= 0.6 is 0 Å². The number of aromatic nitrogens is 2. The van der Waals surface area contributed by atoms with Crippen LogP contribution in [-0.2, 0) is 6.54 Å². The Morgan fingerprint density at radius 2 is 2.13 bits per heavy atom. The van der Waals surface area contributed by atoms with Crippen LogP contribution in [0, 0.1) is 12.3 Å². The number of nitrogen functional groups attached to an aromatic ring is 1. The van der Waals surface area contributed by atoms with Crippen molar-refractivity contribution in [3.63, 3.8) is 0 Å². The van der Waals surface area contributed by atoms with E-state index in [1.165, 1.54) is 0 Å². The van der Waals surface area contributed by atoms with Gasteiger partial charge in [0, 0.05) is 24.7 Å². The van der Waals surface area contributed by atoms with Crippen molar-refractivity contribution >= 4 is 5.82 Å². The Bertz CT molecular complexity index is 312. The van der Waals surface area contributed by atoms with Crippen LogP contribution in [0.4, 0.5) is 14.6 Å². The first-order chi connectivity index (χ1) is 6.80. The van der Waals surface area contributed by atoms with E-state index in [0.29, 0.717) is 12.4 Å². The van der Waals surface area contributed by atoms with Crippen molar-refractivity contribution in [1.29, 1.82) is 0 Å². The van der Waals surface area contributed by atoms with Crippen molar-refractivity contribution in [2.45, 2.75) is 40.2 Å². The van der Waals surface area contributed by atoms with E-state index in [9.17, 15) is 8.78 Å². The van der Waals surface area contributed by atoms with Crippen molar-refractivity contribution < 1.29 is 8.78 Å². The van der Waals surface area contributed by atoms with Crippen LogP contribution in [0.5, 0.6) is 0 Å². The zero-order valence-electron chi connectivity index (χ0n) is 9.30. The average Bonchev–Trinajstić information content (AvgIpc) is 2.25. The molecule has 0 atom stereocenters. The van der Waals surface area contributed by atoms with Gasteiger partial charge in [0.15, 0.2) is 0 Å². The van der Waals surface area contributed by atoms with E-state index >= 15 is 0 Å². The highest BCUT2D eigenvalue weighted by atomic mass is 19.3. The molecule has 0 saturated heterocycles. The monoisotopic (exact) mass is 217 g/mol. The molecule has 1 aromatic heterocycles. The number of alkyl halides is 2. The van der Waals surface area contributed by atoms with Gasteiger partial charge in [-0.1, -0.05) is 13.8 Å². The van der Waals surface area contributed by atoms with E-state index in [0.717, 1.165) is 5.56 Å². The topological polar surface area (TPSA) is 43.8 Å². The smallest absolute Gasteiger partial charge is 0.239 e. The quantitative estimate of drug-likeness (QED) is 0.841. The summed E-state index contributed by atoms with van der Waals surface area (Å²) in [5, 5.41) is 4.05. The molecule has 0 aliphatic heterocycles. The van der Waals surface area contributed by atoms with Gasteiger partial charge in [-0.3, -0.25) is 4.68 Å². The van der Waals surface area contributed by atoms with Crippen molar-refractivity contribution in [2.24, 2.45) is 5.41 Å². The van der Waals surface area contributed by atoms with E-state index in [1.54, 1.807) is 24.7 Å². The molecule has 1 rings (SSSR count). The molecule has 0 amide bonds. The van der Waals surface area contributed by atoms with E-state index in [-0.39, 0.29) is 6.42 Å². The maximum absolute atomic E-state index is 12.3. The molecule has 0 saturated carbocycles. The molecule has 15 heavy (non-hydrogen) atoms. The molecule has 1 aromatic rings. The third kappa shape index (κ3) is 3.49. The summed E-state index contributed by atoms with van der Waals surface area (Å²) in [5.41, 5.74) is 5.99. The minimum Gasteiger partial charge on any atom is -0.382 e. The third-order valence-corrected chi connectivity index (χ3v) is 2.28. The molecule has 86 valence electrons. The first kappa shape index (κ1) is 11.9. The molecule has 0 fully saturated rings. The third-order valence-electron chi connectivity index (χ3n) is 2.28. The van der Waals surface area contributed by atoms with Crippen LogP contribution in [0.2, 0.25) is 0 Å². The van der Waals surface area contributed by atoms with Gasteiger partial charge in [0.1, 0.15) is 5.82 Å². The van der Waals surface area contributed by atoms with E-state index < -0.39 is 11.8 Å². The van der Waals surface area contributed by atoms with Gasteiger partial charge in [-0.15, -0.1) is 0 Å². The zero-order chi connectivity index (χ0) is 11.6. The van der Waals surface area contributed by atoms with Crippen LogP contribution in [0.1, 0.15) is 25.8 Å². The maximum atomic E-state index is 12.3. The fourth-order valence-corrected chi connectivity index (χ4v) is 1.54. The first-order valence-corrected chi connectivity index (χ1v) is 4.88. The fourth-order valence-electron chi connectivity index (χ4n) is 1.54. The van der Waals surface area contributed by atoms with Gasteiger partial charge in [-0.25, -0.2) is 8.78 Å². The SMILES string of the molecule is Cc1cn(CC(C)(C)CC(F)F)nc1N. The molecule has 0 spiro atoms. The number of halogens is 2. The molecule has 0 aromatic carbocycles. The fraction of sp³-hybridized carbons (Fsp3) is 0.700. The minimum absolute atomic E-state index is 0.133. The Labute approximate surface area is 88.3 Å². The number of hydrogen-bond donors (Lipinski definition) is 1. The number of nitrogens with two attached hydrogens (primary N) is 1. The Morgan fingerprint density at radius 3 is 2.53 bits per heavy atom. The number of rotatable bonds is 4. The molecule has 0 radical (unpaired) electrons. The summed E-state index contributed by atoms with van der Waals surface area (Å²) in [7, 11) is 0. The molecule has 0 aliphatic rings. The van der Waals surface area contributed by atoms with Crippen molar-refractivity contribution in [1.82, 2.24) is 9.78 Å². The highest BCUT2D eigenvalue weighted by Gasteiger charge is 2.24. The standard InChI is InChI=1S/C10H17F2N3/c1-7-5-15(14-9(7)13)6-10(2,3)4-8(11)12/h5,8H,4,6H2,1-3H3,(H2,13,14). The largest absolute Gasteiger partial charge is 0.382 e. The van der Waals surface area contributed by atoms with Crippen LogP contribution in [-0.4, -0.2) is 16.2 Å². The van der Waals surface area contributed by atoms with Crippen LogP contribution in [0.3, 0.4) is 0 Å². The second kappa shape index (κ2) is 4.16. The Balaban J connectivity index is 2.68. The lowest BCUT2D eigenvalue weighted by Crippen LogP contribution is -2.23. The molecule has 1 heterocycles. The molecule has 0 bridgehead atoms. The van der Waals surface area contributed by atoms with Gasteiger partial charge in [0.05, 0.1) is 0 Å². The van der Waals surface area contributed by atoms with Crippen molar-refractivity contribution in [3.05, 3.63) is 11.8 Å². The summed E-state index contributed by atoms with van der Waals surface area (Å²) in [4.78, 5) is 0. The van der Waals surface area contributed by atoms with Gasteiger partial charge >= 0.3 is 0 Å². The summed E-state index contributed by atoms with van der Waals surface area (Å²) >= 11 is 0. The van der Waals surface area contributed by atoms with Crippen molar-refractivity contribution in [2.75, 3.05) is 5.73 Å². The van der Waals surface area contributed by atoms with E-state index in [2.05, 4.69) is 5.10 Å². The zero-order valence-corrected chi connectivity index (χ0v) is 9.30. The van der Waals surface area contributed by atoms with Crippen molar-refractivity contribution in [3.8, 4) is 0 Å². The lowest BCUT2D eigenvalue weighted by atomic mass is 9.89. The van der Waals surface area contributed by atoms with Crippen LogP contribution < -0.4 is 5.73 Å². The van der Waals surface area contributed by atoms with Gasteiger partial charge < -0.3 is 5.73 Å². The lowest BCUT2D eigenvalue weighted by molar-refractivity contribution is 0.0778. The van der Waals surface area contributed by atoms with Gasteiger partial charge in [0.25, 0.3) is 0 Å². The first-order valence-electron chi connectivity index (χ1n) is 4.88. The predicted molar refractivity (Wildman–Crippen MR) is 55.8 cm³/mol. The second-order valence-electron chi connectivity index (χ2n) is 4.65. The molecule has 0 unspecified atom stereocenters. The molecule has 3 nitrogen and oxygen atoms in total. The normalized spacial score (nSPS) is 12.4. The Kier molecular flexibility index (Phi) is 3.31. The number of hydrogen-bond acceptors (Lipinski definition) is 2. The molecular formula is C10H17F2N3. The summed E-state index contributed by atoms with van der Waals surface area (Å²) in [6, 6.07) is 0. The van der Waals surface area contributed by atoms with E-state index in [1.807, 2.05) is 6.92 Å². The molecule has 5 heteroatoms.